The first-order chi connectivity index (χ1) is 7.22. The molecule has 0 aromatic heterocycles. The maximum Gasteiger partial charge on any atom is 0.00956 e. The minimum Gasteiger partial charge on any atom is -0.313 e. The maximum absolute atomic E-state index is 5.64. The molecule has 1 N–H and O–H groups in total. The van der Waals surface area contributed by atoms with Crippen molar-refractivity contribution in [2.24, 2.45) is 23.2 Å². The fourth-order valence-corrected chi connectivity index (χ4v) is 5.10. The van der Waals surface area contributed by atoms with Gasteiger partial charge in [0.15, 0.2) is 0 Å². The van der Waals surface area contributed by atoms with Gasteiger partial charge in [0.05, 0.1) is 0 Å². The number of rotatable bonds is 3. The van der Waals surface area contributed by atoms with E-state index in [2.05, 4.69) is 12.2 Å². The Morgan fingerprint density at radius 1 is 1.13 bits per heavy atom. The summed E-state index contributed by atoms with van der Waals surface area (Å²) in [7, 11) is 0. The third-order valence-corrected chi connectivity index (χ3v) is 5.43. The first-order valence-corrected chi connectivity index (χ1v) is 6.65. The van der Waals surface area contributed by atoms with Gasteiger partial charge in [0.2, 0.25) is 0 Å². The molecule has 0 spiro atoms. The Kier molecular flexibility index (Phi) is 2.35. The molecule has 4 rings (SSSR count). The van der Waals surface area contributed by atoms with E-state index in [0.717, 1.165) is 17.8 Å². The molecule has 0 amide bonds. The molecule has 1 nitrogen and oxygen atoms in total. The van der Waals surface area contributed by atoms with Gasteiger partial charge in [0, 0.05) is 6.04 Å². The van der Waals surface area contributed by atoms with Crippen LogP contribution in [0.15, 0.2) is 0 Å². The molecule has 1 atom stereocenters. The fourth-order valence-electron chi connectivity index (χ4n) is 5.10. The van der Waals surface area contributed by atoms with Crippen LogP contribution in [0.1, 0.15) is 45.4 Å². The Morgan fingerprint density at radius 2 is 1.60 bits per heavy atom. The minimum absolute atomic E-state index is 0.619. The predicted octanol–water partition coefficient (Wildman–Crippen LogP) is 2.89. The van der Waals surface area contributed by atoms with Crippen LogP contribution in [0.25, 0.3) is 0 Å². The zero-order valence-corrected chi connectivity index (χ0v) is 9.84. The van der Waals surface area contributed by atoms with Crippen molar-refractivity contribution in [1.82, 2.24) is 5.32 Å². The van der Waals surface area contributed by atoms with E-state index in [1.807, 2.05) is 0 Å². The van der Waals surface area contributed by atoms with Gasteiger partial charge in [-0.1, -0.05) is 0 Å². The van der Waals surface area contributed by atoms with Crippen LogP contribution in [0, 0.1) is 30.1 Å². The average molecular weight is 205 g/mol. The van der Waals surface area contributed by atoms with Crippen LogP contribution in [0.4, 0.5) is 0 Å². The molecule has 0 heterocycles. The predicted molar refractivity (Wildman–Crippen MR) is 62.4 cm³/mol. The van der Waals surface area contributed by atoms with Gasteiger partial charge in [-0.3, -0.25) is 0 Å². The maximum atomic E-state index is 5.64. The monoisotopic (exact) mass is 205 g/mol. The van der Waals surface area contributed by atoms with Crippen LogP contribution >= 0.6 is 0 Å². The third-order valence-electron chi connectivity index (χ3n) is 5.43. The van der Waals surface area contributed by atoms with E-state index in [0.29, 0.717) is 18.0 Å². The van der Waals surface area contributed by atoms with Crippen molar-refractivity contribution in [2.75, 3.05) is 6.54 Å². The Bertz CT molecular complexity index is 210. The molecule has 84 valence electrons. The lowest BCUT2D eigenvalue weighted by Crippen LogP contribution is -2.54. The molecule has 4 aliphatic carbocycles. The van der Waals surface area contributed by atoms with Gasteiger partial charge < -0.3 is 5.32 Å². The van der Waals surface area contributed by atoms with E-state index in [1.54, 1.807) is 0 Å². The van der Waals surface area contributed by atoms with Gasteiger partial charge in [-0.2, -0.15) is 0 Å². The van der Waals surface area contributed by atoms with E-state index < -0.39 is 0 Å². The summed E-state index contributed by atoms with van der Waals surface area (Å²) >= 11 is 0. The molecule has 0 saturated heterocycles. The Morgan fingerprint density at radius 3 is 2.00 bits per heavy atom. The number of hydrogen-bond donors (Lipinski definition) is 1. The zero-order chi connectivity index (χ0) is 10.5. The third kappa shape index (κ3) is 1.54. The minimum atomic E-state index is 0.619. The molecule has 0 aromatic rings. The second-order valence-corrected chi connectivity index (χ2v) is 6.41. The van der Waals surface area contributed by atoms with Gasteiger partial charge in [0.1, 0.15) is 0 Å². The Balaban J connectivity index is 1.80. The summed E-state index contributed by atoms with van der Waals surface area (Å²) in [5.41, 5.74) is 0.619. The van der Waals surface area contributed by atoms with E-state index in [1.165, 1.54) is 38.5 Å². The molecule has 15 heavy (non-hydrogen) atoms. The average Bonchev–Trinajstić information content (AvgIpc) is 2.15. The normalized spacial score (nSPS) is 49.6. The first-order valence-electron chi connectivity index (χ1n) is 6.65. The van der Waals surface area contributed by atoms with Gasteiger partial charge in [0.25, 0.3) is 0 Å². The topological polar surface area (TPSA) is 12.0 Å². The largest absolute Gasteiger partial charge is 0.313 e. The van der Waals surface area contributed by atoms with Gasteiger partial charge in [-0.25, -0.2) is 0 Å². The molecular formula is C14H23N. The summed E-state index contributed by atoms with van der Waals surface area (Å²) in [6.45, 7) is 8.64. The van der Waals surface area contributed by atoms with Crippen LogP contribution in [-0.4, -0.2) is 12.6 Å². The Labute approximate surface area is 94.0 Å². The molecule has 2 radical (unpaired) electrons. The van der Waals surface area contributed by atoms with Crippen molar-refractivity contribution in [3.63, 3.8) is 0 Å². The summed E-state index contributed by atoms with van der Waals surface area (Å²) in [6, 6.07) is 0.635. The highest BCUT2D eigenvalue weighted by molar-refractivity contribution is 5.05. The smallest absolute Gasteiger partial charge is 0.00956 e. The SMILES string of the molecule is [CH]CNC(C)C12CC3CC(CC(C3)C1)C2. The van der Waals surface area contributed by atoms with Crippen molar-refractivity contribution in [3.8, 4) is 0 Å². The van der Waals surface area contributed by atoms with Crippen molar-refractivity contribution in [2.45, 2.75) is 51.5 Å². The summed E-state index contributed by atoms with van der Waals surface area (Å²) in [4.78, 5) is 0. The van der Waals surface area contributed by atoms with Crippen molar-refractivity contribution in [3.05, 3.63) is 6.92 Å². The first kappa shape index (κ1) is 10.1. The summed E-state index contributed by atoms with van der Waals surface area (Å²) < 4.78 is 0. The molecule has 4 aliphatic rings. The molecule has 1 unspecified atom stereocenters. The van der Waals surface area contributed by atoms with Crippen LogP contribution in [0.5, 0.6) is 0 Å². The lowest BCUT2D eigenvalue weighted by atomic mass is 9.48. The molecule has 4 bridgehead atoms. The lowest BCUT2D eigenvalue weighted by Gasteiger charge is -2.59. The molecule has 4 saturated carbocycles. The molecule has 4 fully saturated rings. The highest BCUT2D eigenvalue weighted by Gasteiger charge is 2.52. The second kappa shape index (κ2) is 3.48. The summed E-state index contributed by atoms with van der Waals surface area (Å²) in [6.07, 6.45) is 9.05. The van der Waals surface area contributed by atoms with E-state index in [-0.39, 0.29) is 0 Å². The van der Waals surface area contributed by atoms with Crippen LogP contribution in [-0.2, 0) is 0 Å². The van der Waals surface area contributed by atoms with Gasteiger partial charge >= 0.3 is 0 Å². The molecule has 1 heteroatoms. The molecular weight excluding hydrogens is 182 g/mol. The van der Waals surface area contributed by atoms with E-state index >= 15 is 0 Å². The number of nitrogens with one attached hydrogen (secondary N) is 1. The van der Waals surface area contributed by atoms with E-state index in [4.69, 9.17) is 6.92 Å². The Hall–Kier alpha value is -0.0400. The fraction of sp³-hybridized carbons (Fsp3) is 0.929. The summed E-state index contributed by atoms with van der Waals surface area (Å²) in [5.74, 6) is 3.16. The van der Waals surface area contributed by atoms with Crippen molar-refractivity contribution in [1.29, 1.82) is 0 Å². The summed E-state index contributed by atoms with van der Waals surface area (Å²) in [5, 5.41) is 3.48. The quantitative estimate of drug-likeness (QED) is 0.747. The zero-order valence-electron chi connectivity index (χ0n) is 9.84. The van der Waals surface area contributed by atoms with Gasteiger partial charge in [-0.05, 0) is 82.1 Å². The molecule has 0 aromatic carbocycles. The van der Waals surface area contributed by atoms with Crippen LogP contribution in [0.2, 0.25) is 0 Å². The van der Waals surface area contributed by atoms with Gasteiger partial charge in [-0.15, -0.1) is 0 Å². The highest BCUT2D eigenvalue weighted by atomic mass is 14.9. The van der Waals surface area contributed by atoms with Crippen LogP contribution in [0.3, 0.4) is 0 Å². The molecule has 0 aliphatic heterocycles. The number of hydrogen-bond acceptors (Lipinski definition) is 1. The van der Waals surface area contributed by atoms with Crippen LogP contribution < -0.4 is 5.32 Å². The standard InChI is InChI=1S/C14H23N/c1-3-15-10(2)14-7-11-4-12(8-14)6-13(5-11)9-14/h1,10-13,15H,3-9H2,2H3. The van der Waals surface area contributed by atoms with Crippen molar-refractivity contribution < 1.29 is 0 Å². The van der Waals surface area contributed by atoms with E-state index in [9.17, 15) is 0 Å². The second-order valence-electron chi connectivity index (χ2n) is 6.41. The van der Waals surface area contributed by atoms with Crippen molar-refractivity contribution >= 4 is 0 Å². The lowest BCUT2D eigenvalue weighted by molar-refractivity contribution is -0.0698. The highest BCUT2D eigenvalue weighted by Crippen LogP contribution is 2.61.